The fourth-order valence-electron chi connectivity index (χ4n) is 2.20. The van der Waals surface area contributed by atoms with E-state index < -0.39 is 0 Å². The Hall–Kier alpha value is -2.13. The highest BCUT2D eigenvalue weighted by atomic mass is 127. The van der Waals surface area contributed by atoms with Gasteiger partial charge in [0.25, 0.3) is 0 Å². The van der Waals surface area contributed by atoms with Crippen LogP contribution < -0.4 is 0 Å². The van der Waals surface area contributed by atoms with E-state index in [0.29, 0.717) is 5.56 Å². The van der Waals surface area contributed by atoms with E-state index in [9.17, 15) is 0 Å². The van der Waals surface area contributed by atoms with Crippen LogP contribution in [0.1, 0.15) is 11.1 Å². The minimum atomic E-state index is 0.683. The second-order valence-corrected chi connectivity index (χ2v) is 5.83. The van der Waals surface area contributed by atoms with E-state index in [1.165, 1.54) is 3.57 Å². The molecule has 3 rings (SSSR count). The number of halogens is 1. The van der Waals surface area contributed by atoms with Crippen LogP contribution in [0.5, 0.6) is 0 Å². The van der Waals surface area contributed by atoms with Crippen molar-refractivity contribution in [2.24, 2.45) is 0 Å². The SMILES string of the molecule is N#Cc1ccc(Cn2ccnc2-c2ccccc2I)cc1. The van der Waals surface area contributed by atoms with Gasteiger partial charge >= 0.3 is 0 Å². The van der Waals surface area contributed by atoms with Gasteiger partial charge in [-0.1, -0.05) is 30.3 Å². The number of aromatic nitrogens is 2. The molecule has 0 aliphatic heterocycles. The van der Waals surface area contributed by atoms with Gasteiger partial charge in [0.15, 0.2) is 0 Å². The van der Waals surface area contributed by atoms with Gasteiger partial charge in [0, 0.05) is 28.1 Å². The molecule has 4 heteroatoms. The molecule has 102 valence electrons. The summed E-state index contributed by atoms with van der Waals surface area (Å²) in [7, 11) is 0. The number of imidazole rings is 1. The third kappa shape index (κ3) is 2.98. The molecule has 0 aliphatic carbocycles. The van der Waals surface area contributed by atoms with Crippen molar-refractivity contribution in [3.05, 3.63) is 75.6 Å². The van der Waals surface area contributed by atoms with Crippen molar-refractivity contribution in [1.29, 1.82) is 5.26 Å². The van der Waals surface area contributed by atoms with Crippen molar-refractivity contribution < 1.29 is 0 Å². The summed E-state index contributed by atoms with van der Waals surface area (Å²) in [5, 5.41) is 8.84. The molecule has 0 amide bonds. The molecule has 3 aromatic rings. The molecule has 0 bridgehead atoms. The van der Waals surface area contributed by atoms with Gasteiger partial charge in [-0.2, -0.15) is 5.26 Å². The Labute approximate surface area is 137 Å². The summed E-state index contributed by atoms with van der Waals surface area (Å²) in [6, 6.07) is 18.0. The van der Waals surface area contributed by atoms with Gasteiger partial charge in [0.2, 0.25) is 0 Å². The molecule has 0 N–H and O–H groups in total. The topological polar surface area (TPSA) is 41.6 Å². The molecule has 0 saturated carbocycles. The molecule has 0 spiro atoms. The number of hydrogen-bond acceptors (Lipinski definition) is 2. The number of nitrogens with zero attached hydrogens (tertiary/aromatic N) is 3. The molecule has 0 unspecified atom stereocenters. The largest absolute Gasteiger partial charge is 0.327 e. The first-order valence-electron chi connectivity index (χ1n) is 6.53. The standard InChI is InChI=1S/C17H12IN3/c18-16-4-2-1-3-15(16)17-20-9-10-21(17)12-14-7-5-13(11-19)6-8-14/h1-10H,12H2. The van der Waals surface area contributed by atoms with Crippen LogP contribution in [-0.2, 0) is 6.54 Å². The van der Waals surface area contributed by atoms with Gasteiger partial charge in [0.05, 0.1) is 11.6 Å². The van der Waals surface area contributed by atoms with Crippen molar-refractivity contribution in [3.8, 4) is 17.5 Å². The van der Waals surface area contributed by atoms with Gasteiger partial charge < -0.3 is 4.57 Å². The van der Waals surface area contributed by atoms with Gasteiger partial charge in [-0.15, -0.1) is 0 Å². The Morgan fingerprint density at radius 1 is 1.10 bits per heavy atom. The van der Waals surface area contributed by atoms with Crippen LogP contribution in [-0.4, -0.2) is 9.55 Å². The highest BCUT2D eigenvalue weighted by molar-refractivity contribution is 14.1. The highest BCUT2D eigenvalue weighted by Crippen LogP contribution is 2.24. The Morgan fingerprint density at radius 3 is 2.57 bits per heavy atom. The highest BCUT2D eigenvalue weighted by Gasteiger charge is 2.09. The van der Waals surface area contributed by atoms with Crippen LogP contribution in [0.4, 0.5) is 0 Å². The predicted octanol–water partition coefficient (Wildman–Crippen LogP) is 4.07. The van der Waals surface area contributed by atoms with Gasteiger partial charge in [-0.3, -0.25) is 0 Å². The van der Waals surface area contributed by atoms with E-state index in [1.807, 2.05) is 48.8 Å². The molecular weight excluding hydrogens is 373 g/mol. The zero-order valence-corrected chi connectivity index (χ0v) is 13.4. The predicted molar refractivity (Wildman–Crippen MR) is 90.6 cm³/mol. The van der Waals surface area contributed by atoms with Crippen LogP contribution in [0.15, 0.2) is 60.9 Å². The van der Waals surface area contributed by atoms with Gasteiger partial charge in [-0.25, -0.2) is 4.98 Å². The summed E-state index contributed by atoms with van der Waals surface area (Å²) in [6.07, 6.45) is 3.80. The molecule has 21 heavy (non-hydrogen) atoms. The molecular formula is C17H12IN3. The van der Waals surface area contributed by atoms with E-state index >= 15 is 0 Å². The molecule has 0 saturated heterocycles. The minimum Gasteiger partial charge on any atom is -0.327 e. The lowest BCUT2D eigenvalue weighted by atomic mass is 10.1. The Kier molecular flexibility index (Phi) is 4.02. The minimum absolute atomic E-state index is 0.683. The molecule has 3 nitrogen and oxygen atoms in total. The third-order valence-corrected chi connectivity index (χ3v) is 4.21. The zero-order chi connectivity index (χ0) is 14.7. The van der Waals surface area contributed by atoms with E-state index in [2.05, 4.69) is 50.3 Å². The Balaban J connectivity index is 1.92. The molecule has 2 aromatic carbocycles. The number of hydrogen-bond donors (Lipinski definition) is 0. The van der Waals surface area contributed by atoms with Crippen LogP contribution in [0.25, 0.3) is 11.4 Å². The first-order chi connectivity index (χ1) is 10.3. The first-order valence-corrected chi connectivity index (χ1v) is 7.61. The fraction of sp³-hybridized carbons (Fsp3) is 0.0588. The van der Waals surface area contributed by atoms with E-state index in [4.69, 9.17) is 5.26 Å². The maximum Gasteiger partial charge on any atom is 0.141 e. The summed E-state index contributed by atoms with van der Waals surface area (Å²) in [5.41, 5.74) is 2.97. The summed E-state index contributed by atoms with van der Waals surface area (Å²) in [5.74, 6) is 0.962. The smallest absolute Gasteiger partial charge is 0.141 e. The molecule has 0 aliphatic rings. The van der Waals surface area contributed by atoms with Crippen molar-refractivity contribution in [2.45, 2.75) is 6.54 Å². The zero-order valence-electron chi connectivity index (χ0n) is 11.2. The molecule has 0 fully saturated rings. The molecule has 0 radical (unpaired) electrons. The monoisotopic (exact) mass is 385 g/mol. The number of nitriles is 1. The summed E-state index contributed by atoms with van der Waals surface area (Å²) < 4.78 is 3.31. The number of rotatable bonds is 3. The lowest BCUT2D eigenvalue weighted by Gasteiger charge is -2.09. The quantitative estimate of drug-likeness (QED) is 0.638. The van der Waals surface area contributed by atoms with Crippen LogP contribution >= 0.6 is 22.6 Å². The van der Waals surface area contributed by atoms with Crippen molar-refractivity contribution in [2.75, 3.05) is 0 Å². The Bertz CT molecular complexity index is 797. The average molecular weight is 385 g/mol. The lowest BCUT2D eigenvalue weighted by molar-refractivity contribution is 0.806. The second-order valence-electron chi connectivity index (χ2n) is 4.67. The lowest BCUT2D eigenvalue weighted by Crippen LogP contribution is -2.02. The summed E-state index contributed by atoms with van der Waals surface area (Å²) >= 11 is 2.33. The molecule has 1 heterocycles. The van der Waals surface area contributed by atoms with Crippen molar-refractivity contribution in [1.82, 2.24) is 9.55 Å². The normalized spacial score (nSPS) is 10.3. The van der Waals surface area contributed by atoms with E-state index in [-0.39, 0.29) is 0 Å². The van der Waals surface area contributed by atoms with E-state index in [1.54, 1.807) is 0 Å². The molecule has 0 atom stereocenters. The molecule has 1 aromatic heterocycles. The van der Waals surface area contributed by atoms with Crippen LogP contribution in [0.3, 0.4) is 0 Å². The van der Waals surface area contributed by atoms with Gasteiger partial charge in [-0.05, 0) is 46.4 Å². The Morgan fingerprint density at radius 2 is 1.86 bits per heavy atom. The third-order valence-electron chi connectivity index (χ3n) is 3.27. The van der Waals surface area contributed by atoms with E-state index in [0.717, 1.165) is 23.5 Å². The maximum atomic E-state index is 8.84. The second kappa shape index (κ2) is 6.10. The summed E-state index contributed by atoms with van der Waals surface area (Å²) in [4.78, 5) is 4.48. The number of benzene rings is 2. The van der Waals surface area contributed by atoms with Crippen molar-refractivity contribution in [3.63, 3.8) is 0 Å². The van der Waals surface area contributed by atoms with Crippen LogP contribution in [0, 0.1) is 14.9 Å². The fourth-order valence-corrected chi connectivity index (χ4v) is 2.83. The average Bonchev–Trinajstić information content (AvgIpc) is 2.96. The maximum absolute atomic E-state index is 8.84. The first kappa shape index (κ1) is 13.8. The van der Waals surface area contributed by atoms with Gasteiger partial charge in [0.1, 0.15) is 5.82 Å². The van der Waals surface area contributed by atoms with Crippen molar-refractivity contribution >= 4 is 22.6 Å². The summed E-state index contributed by atoms with van der Waals surface area (Å²) in [6.45, 7) is 0.742. The van der Waals surface area contributed by atoms with Crippen LogP contribution in [0.2, 0.25) is 0 Å².